The van der Waals surface area contributed by atoms with Crippen molar-refractivity contribution in [3.8, 4) is 0 Å². The normalized spacial score (nSPS) is 13.4. The van der Waals surface area contributed by atoms with E-state index in [9.17, 15) is 12.8 Å². The van der Waals surface area contributed by atoms with Crippen LogP contribution in [0.1, 0.15) is 17.8 Å². The second kappa shape index (κ2) is 5.28. The van der Waals surface area contributed by atoms with Gasteiger partial charge in [0.1, 0.15) is 10.7 Å². The Bertz CT molecular complexity index is 669. The molecular formula is C12H13FN2O2S2. The summed E-state index contributed by atoms with van der Waals surface area (Å²) in [6.07, 6.45) is 0. The van der Waals surface area contributed by atoms with Gasteiger partial charge in [0.2, 0.25) is 10.0 Å². The van der Waals surface area contributed by atoms with Crippen molar-refractivity contribution in [2.45, 2.75) is 17.9 Å². The van der Waals surface area contributed by atoms with Crippen LogP contribution in [0.4, 0.5) is 10.1 Å². The first kappa shape index (κ1) is 14.0. The lowest BCUT2D eigenvalue weighted by molar-refractivity contribution is 0.566. The average molecular weight is 300 g/mol. The van der Waals surface area contributed by atoms with Gasteiger partial charge in [-0.1, -0.05) is 12.1 Å². The van der Waals surface area contributed by atoms with E-state index in [1.165, 1.54) is 23.5 Å². The van der Waals surface area contributed by atoms with Gasteiger partial charge in [-0.3, -0.25) is 0 Å². The van der Waals surface area contributed by atoms with Gasteiger partial charge in [-0.05, 0) is 30.5 Å². The fourth-order valence-corrected chi connectivity index (χ4v) is 3.82. The second-order valence-corrected chi connectivity index (χ2v) is 6.67. The van der Waals surface area contributed by atoms with E-state index >= 15 is 0 Å². The molecule has 0 aliphatic rings. The van der Waals surface area contributed by atoms with E-state index in [1.54, 1.807) is 6.92 Å². The zero-order chi connectivity index (χ0) is 14.0. The number of halogens is 1. The SMILES string of the molecule is CC(NS(=O)(=O)c1cccc(F)c1N)c1cccs1. The molecule has 4 nitrogen and oxygen atoms in total. The lowest BCUT2D eigenvalue weighted by Gasteiger charge is -2.14. The molecule has 2 aromatic rings. The molecule has 0 bridgehead atoms. The van der Waals surface area contributed by atoms with Crippen LogP contribution in [-0.4, -0.2) is 8.42 Å². The number of hydrogen-bond acceptors (Lipinski definition) is 4. The van der Waals surface area contributed by atoms with E-state index < -0.39 is 21.9 Å². The number of nitrogens with one attached hydrogen (secondary N) is 1. The molecule has 1 aromatic heterocycles. The summed E-state index contributed by atoms with van der Waals surface area (Å²) in [6, 6.07) is 6.98. The smallest absolute Gasteiger partial charge is 0.243 e. The van der Waals surface area contributed by atoms with Crippen molar-refractivity contribution in [1.29, 1.82) is 0 Å². The third-order valence-electron chi connectivity index (χ3n) is 2.60. The fraction of sp³-hybridized carbons (Fsp3) is 0.167. The molecule has 0 spiro atoms. The van der Waals surface area contributed by atoms with E-state index in [1.807, 2.05) is 17.5 Å². The molecule has 1 atom stereocenters. The van der Waals surface area contributed by atoms with E-state index in [0.717, 1.165) is 10.9 Å². The second-order valence-electron chi connectivity index (χ2n) is 4.01. The first-order chi connectivity index (χ1) is 8.92. The van der Waals surface area contributed by atoms with Crippen LogP contribution in [0, 0.1) is 5.82 Å². The third kappa shape index (κ3) is 2.94. The van der Waals surface area contributed by atoms with Gasteiger partial charge in [-0.25, -0.2) is 17.5 Å². The summed E-state index contributed by atoms with van der Waals surface area (Å²) >= 11 is 1.44. The summed E-state index contributed by atoms with van der Waals surface area (Å²) in [5.41, 5.74) is 5.10. The Hall–Kier alpha value is -1.44. The number of sulfonamides is 1. The van der Waals surface area contributed by atoms with E-state index in [2.05, 4.69) is 4.72 Å². The summed E-state index contributed by atoms with van der Waals surface area (Å²) < 4.78 is 40.1. The Kier molecular flexibility index (Phi) is 3.88. The third-order valence-corrected chi connectivity index (χ3v) is 5.26. The monoisotopic (exact) mass is 300 g/mol. The molecule has 2 rings (SSSR count). The van der Waals surface area contributed by atoms with Gasteiger partial charge in [-0.2, -0.15) is 0 Å². The zero-order valence-corrected chi connectivity index (χ0v) is 11.8. The number of hydrogen-bond donors (Lipinski definition) is 2. The topological polar surface area (TPSA) is 72.2 Å². The number of nitrogen functional groups attached to an aromatic ring is 1. The molecule has 1 unspecified atom stereocenters. The molecule has 1 heterocycles. The Morgan fingerprint density at radius 2 is 2.05 bits per heavy atom. The van der Waals surface area contributed by atoms with Crippen LogP contribution in [0.2, 0.25) is 0 Å². The number of nitrogens with two attached hydrogens (primary N) is 1. The number of para-hydroxylation sites is 1. The quantitative estimate of drug-likeness (QED) is 0.852. The summed E-state index contributed by atoms with van der Waals surface area (Å²) in [6.45, 7) is 1.72. The molecule has 19 heavy (non-hydrogen) atoms. The lowest BCUT2D eigenvalue weighted by atomic mass is 10.3. The van der Waals surface area contributed by atoms with E-state index in [-0.39, 0.29) is 10.6 Å². The molecule has 7 heteroatoms. The Morgan fingerprint density at radius 1 is 1.32 bits per heavy atom. The minimum Gasteiger partial charge on any atom is -0.395 e. The minimum absolute atomic E-state index is 0.240. The fourth-order valence-electron chi connectivity index (χ4n) is 1.64. The van der Waals surface area contributed by atoms with Crippen LogP contribution in [0.5, 0.6) is 0 Å². The molecule has 102 valence electrons. The van der Waals surface area contributed by atoms with Crippen LogP contribution >= 0.6 is 11.3 Å². The maximum absolute atomic E-state index is 13.3. The number of anilines is 1. The molecule has 0 saturated carbocycles. The number of rotatable bonds is 4. The maximum Gasteiger partial charge on any atom is 0.243 e. The Morgan fingerprint density at radius 3 is 2.68 bits per heavy atom. The van der Waals surface area contributed by atoms with Crippen molar-refractivity contribution in [3.63, 3.8) is 0 Å². The van der Waals surface area contributed by atoms with Crippen LogP contribution in [0.3, 0.4) is 0 Å². The van der Waals surface area contributed by atoms with E-state index in [0.29, 0.717) is 0 Å². The summed E-state index contributed by atoms with van der Waals surface area (Å²) in [7, 11) is -3.85. The summed E-state index contributed by atoms with van der Waals surface area (Å²) in [5, 5.41) is 1.86. The van der Waals surface area contributed by atoms with Gasteiger partial charge >= 0.3 is 0 Å². The van der Waals surface area contributed by atoms with Crippen LogP contribution in [-0.2, 0) is 10.0 Å². The van der Waals surface area contributed by atoms with Crippen molar-refractivity contribution in [2.75, 3.05) is 5.73 Å². The molecule has 1 aromatic carbocycles. The maximum atomic E-state index is 13.3. The molecule has 0 fully saturated rings. The highest BCUT2D eigenvalue weighted by Crippen LogP contribution is 2.24. The van der Waals surface area contributed by atoms with Gasteiger partial charge in [0.25, 0.3) is 0 Å². The molecule has 0 aliphatic carbocycles. The molecule has 0 radical (unpaired) electrons. The van der Waals surface area contributed by atoms with Crippen molar-refractivity contribution < 1.29 is 12.8 Å². The molecule has 3 N–H and O–H groups in total. The molecule has 0 aliphatic heterocycles. The predicted octanol–water partition coefficient (Wildman–Crippen LogP) is 2.51. The first-order valence-corrected chi connectivity index (χ1v) is 7.88. The standard InChI is InChI=1S/C12H13FN2O2S2/c1-8(10-5-3-7-18-10)15-19(16,17)11-6-2-4-9(13)12(11)14/h2-8,15H,14H2,1H3. The Balaban J connectivity index is 2.31. The zero-order valence-electron chi connectivity index (χ0n) is 10.1. The van der Waals surface area contributed by atoms with Gasteiger partial charge in [-0.15, -0.1) is 11.3 Å². The first-order valence-electron chi connectivity index (χ1n) is 5.51. The minimum atomic E-state index is -3.85. The van der Waals surface area contributed by atoms with Crippen LogP contribution < -0.4 is 10.5 Å². The number of thiophene rings is 1. The van der Waals surface area contributed by atoms with Gasteiger partial charge in [0, 0.05) is 4.88 Å². The van der Waals surface area contributed by atoms with E-state index in [4.69, 9.17) is 5.73 Å². The predicted molar refractivity (Wildman–Crippen MR) is 73.9 cm³/mol. The summed E-state index contributed by atoms with van der Waals surface area (Å²) in [5.74, 6) is -0.744. The van der Waals surface area contributed by atoms with Gasteiger partial charge in [0.15, 0.2) is 0 Å². The number of benzene rings is 1. The van der Waals surface area contributed by atoms with Crippen molar-refractivity contribution >= 4 is 27.0 Å². The van der Waals surface area contributed by atoms with Crippen molar-refractivity contribution in [1.82, 2.24) is 4.72 Å². The Labute approximate surface area is 115 Å². The van der Waals surface area contributed by atoms with Crippen LogP contribution in [0.15, 0.2) is 40.6 Å². The van der Waals surface area contributed by atoms with Gasteiger partial charge < -0.3 is 5.73 Å². The summed E-state index contributed by atoms with van der Waals surface area (Å²) in [4.78, 5) is 0.634. The lowest BCUT2D eigenvalue weighted by Crippen LogP contribution is -2.27. The van der Waals surface area contributed by atoms with Crippen molar-refractivity contribution in [2.24, 2.45) is 0 Å². The van der Waals surface area contributed by atoms with Gasteiger partial charge in [0.05, 0.1) is 11.7 Å². The highest BCUT2D eigenvalue weighted by Gasteiger charge is 2.22. The largest absolute Gasteiger partial charge is 0.395 e. The average Bonchev–Trinajstić information content (AvgIpc) is 2.85. The molecular weight excluding hydrogens is 287 g/mol. The molecule has 0 saturated heterocycles. The van der Waals surface area contributed by atoms with Crippen molar-refractivity contribution in [3.05, 3.63) is 46.4 Å². The molecule has 0 amide bonds. The highest BCUT2D eigenvalue weighted by atomic mass is 32.2. The highest BCUT2D eigenvalue weighted by molar-refractivity contribution is 7.89. The van der Waals surface area contributed by atoms with Crippen LogP contribution in [0.25, 0.3) is 0 Å².